The molecule has 6 nitrogen and oxygen atoms in total. The lowest BCUT2D eigenvalue weighted by Crippen LogP contribution is -2.65. The third kappa shape index (κ3) is 6.71. The van der Waals surface area contributed by atoms with Gasteiger partial charge in [0.1, 0.15) is 12.2 Å². The average molecular weight is 575 g/mol. The van der Waals surface area contributed by atoms with Crippen LogP contribution in [-0.2, 0) is 14.3 Å². The molecule has 42 heavy (non-hydrogen) atoms. The average Bonchev–Trinajstić information content (AvgIpc) is 2.94. The standard InChI is InChI=1S/C36H46O6/c1-7-34(4,39)22-20-29-35(5)24-27(41-32(38)26-16-12-9-13-17-26)31(33(2,3)28(35)21-23-36(29,6)40)42-30(37)19-18-25-14-10-8-11-15-25/h7-19,27-29,31,39-40H,1,20-24H2,2-6H3/b19-18+/t27-,28+,29-,31-,34?,35+,36-/m1/s1. The van der Waals surface area contributed by atoms with E-state index in [0.29, 0.717) is 31.2 Å². The van der Waals surface area contributed by atoms with Crippen molar-refractivity contribution in [2.75, 3.05) is 0 Å². The van der Waals surface area contributed by atoms with Crippen LogP contribution in [0.2, 0.25) is 0 Å². The molecule has 2 saturated carbocycles. The van der Waals surface area contributed by atoms with Gasteiger partial charge in [-0.3, -0.25) is 0 Å². The molecule has 0 spiro atoms. The molecule has 0 aromatic heterocycles. The van der Waals surface area contributed by atoms with E-state index in [2.05, 4.69) is 27.4 Å². The first kappa shape index (κ1) is 31.7. The molecular weight excluding hydrogens is 528 g/mol. The Morgan fingerprint density at radius 2 is 1.64 bits per heavy atom. The van der Waals surface area contributed by atoms with Crippen molar-refractivity contribution in [3.8, 4) is 0 Å². The number of rotatable bonds is 9. The van der Waals surface area contributed by atoms with Crippen LogP contribution < -0.4 is 0 Å². The first-order valence-corrected chi connectivity index (χ1v) is 15.0. The number of fused-ring (bicyclic) bond motifs is 1. The molecule has 0 heterocycles. The first-order valence-electron chi connectivity index (χ1n) is 15.0. The predicted octanol–water partition coefficient (Wildman–Crippen LogP) is 6.77. The molecule has 6 heteroatoms. The van der Waals surface area contributed by atoms with Crippen molar-refractivity contribution < 1.29 is 29.3 Å². The lowest BCUT2D eigenvalue weighted by Gasteiger charge is -2.64. The molecule has 7 atom stereocenters. The zero-order valence-corrected chi connectivity index (χ0v) is 25.6. The van der Waals surface area contributed by atoms with E-state index in [1.807, 2.05) is 43.3 Å². The molecule has 4 rings (SSSR count). The molecule has 2 N–H and O–H groups in total. The number of aliphatic hydroxyl groups is 2. The molecule has 1 unspecified atom stereocenters. The van der Waals surface area contributed by atoms with Crippen molar-refractivity contribution in [1.29, 1.82) is 0 Å². The van der Waals surface area contributed by atoms with Crippen LogP contribution in [0.3, 0.4) is 0 Å². The van der Waals surface area contributed by atoms with Crippen molar-refractivity contribution in [2.45, 2.75) is 90.1 Å². The maximum atomic E-state index is 13.4. The van der Waals surface area contributed by atoms with E-state index in [1.165, 1.54) is 12.2 Å². The molecule has 2 aromatic rings. The van der Waals surface area contributed by atoms with Gasteiger partial charge >= 0.3 is 11.9 Å². The molecule has 0 radical (unpaired) electrons. The fourth-order valence-electron chi connectivity index (χ4n) is 7.80. The Bertz CT molecular complexity index is 1280. The normalized spacial score (nSPS) is 31.9. The molecule has 2 aliphatic rings. The van der Waals surface area contributed by atoms with E-state index in [1.54, 1.807) is 37.3 Å². The second-order valence-corrected chi connectivity index (χ2v) is 13.5. The molecule has 0 saturated heterocycles. The summed E-state index contributed by atoms with van der Waals surface area (Å²) >= 11 is 0. The van der Waals surface area contributed by atoms with Crippen LogP contribution >= 0.6 is 0 Å². The van der Waals surface area contributed by atoms with E-state index in [-0.39, 0.29) is 11.8 Å². The van der Waals surface area contributed by atoms with Crippen LogP contribution in [0.15, 0.2) is 79.4 Å². The summed E-state index contributed by atoms with van der Waals surface area (Å²) in [5.74, 6) is -1.11. The van der Waals surface area contributed by atoms with Gasteiger partial charge in [0.05, 0.1) is 16.8 Å². The minimum absolute atomic E-state index is 0.0616. The Hall–Kier alpha value is -3.22. The molecule has 0 aliphatic heterocycles. The molecule has 2 aliphatic carbocycles. The zero-order chi connectivity index (χ0) is 30.8. The van der Waals surface area contributed by atoms with Crippen molar-refractivity contribution in [2.24, 2.45) is 22.7 Å². The molecule has 2 fully saturated rings. The SMILES string of the molecule is C=CC(C)(O)CC[C@@H]1[C@@]2(C)C[C@@H](OC(=O)c3ccccc3)[C@@H](OC(=O)/C=C/c3ccccc3)C(C)(C)[C@@H]2CC[C@@]1(C)O. The predicted molar refractivity (Wildman–Crippen MR) is 164 cm³/mol. The minimum Gasteiger partial charge on any atom is -0.455 e. The van der Waals surface area contributed by atoms with Crippen LogP contribution in [-0.4, -0.2) is 45.6 Å². The Balaban J connectivity index is 1.69. The number of benzene rings is 2. The summed E-state index contributed by atoms with van der Waals surface area (Å²) in [5, 5.41) is 22.4. The largest absolute Gasteiger partial charge is 0.455 e. The summed E-state index contributed by atoms with van der Waals surface area (Å²) in [4.78, 5) is 26.6. The lowest BCUT2D eigenvalue weighted by atomic mass is 9.44. The van der Waals surface area contributed by atoms with Gasteiger partial charge in [0.15, 0.2) is 0 Å². The third-order valence-electron chi connectivity index (χ3n) is 9.99. The number of ether oxygens (including phenoxy) is 2. The van der Waals surface area contributed by atoms with Crippen molar-refractivity contribution in [1.82, 2.24) is 0 Å². The van der Waals surface area contributed by atoms with Crippen molar-refractivity contribution >= 4 is 18.0 Å². The van der Waals surface area contributed by atoms with Crippen LogP contribution in [0.25, 0.3) is 6.08 Å². The van der Waals surface area contributed by atoms with E-state index in [9.17, 15) is 19.8 Å². The molecule has 2 aromatic carbocycles. The summed E-state index contributed by atoms with van der Waals surface area (Å²) in [7, 11) is 0. The van der Waals surface area contributed by atoms with Crippen molar-refractivity contribution in [3.05, 3.63) is 90.5 Å². The number of carbonyl (C=O) groups excluding carboxylic acids is 2. The summed E-state index contributed by atoms with van der Waals surface area (Å²) in [5.41, 5.74) is -1.79. The molecule has 226 valence electrons. The summed E-state index contributed by atoms with van der Waals surface area (Å²) in [6, 6.07) is 18.3. The Labute approximate surface area is 250 Å². The van der Waals surface area contributed by atoms with Gasteiger partial charge in [-0.1, -0.05) is 75.4 Å². The minimum atomic E-state index is -1.06. The van der Waals surface area contributed by atoms with Gasteiger partial charge in [0.25, 0.3) is 0 Å². The monoisotopic (exact) mass is 574 g/mol. The second kappa shape index (κ2) is 12.2. The van der Waals surface area contributed by atoms with Gasteiger partial charge in [0, 0.05) is 11.5 Å². The quantitative estimate of drug-likeness (QED) is 0.195. The number of hydrogen-bond acceptors (Lipinski definition) is 6. The van der Waals surface area contributed by atoms with Crippen LogP contribution in [0, 0.1) is 22.7 Å². The van der Waals surface area contributed by atoms with E-state index in [4.69, 9.17) is 9.47 Å². The molecule has 0 bridgehead atoms. The van der Waals surface area contributed by atoms with Crippen LogP contribution in [0.1, 0.15) is 82.6 Å². The fourth-order valence-corrected chi connectivity index (χ4v) is 7.80. The van der Waals surface area contributed by atoms with Crippen LogP contribution in [0.5, 0.6) is 0 Å². The summed E-state index contributed by atoms with van der Waals surface area (Å²) in [6.07, 6.45) is 5.98. The Morgan fingerprint density at radius 3 is 2.26 bits per heavy atom. The number of hydrogen-bond donors (Lipinski definition) is 2. The summed E-state index contributed by atoms with van der Waals surface area (Å²) in [6.45, 7) is 13.7. The van der Waals surface area contributed by atoms with Gasteiger partial charge in [-0.15, -0.1) is 6.58 Å². The third-order valence-corrected chi connectivity index (χ3v) is 9.99. The highest BCUT2D eigenvalue weighted by Gasteiger charge is 2.64. The van der Waals surface area contributed by atoms with E-state index >= 15 is 0 Å². The van der Waals surface area contributed by atoms with Crippen LogP contribution in [0.4, 0.5) is 0 Å². The second-order valence-electron chi connectivity index (χ2n) is 13.5. The highest BCUT2D eigenvalue weighted by atomic mass is 16.6. The Kier molecular flexibility index (Phi) is 9.19. The smallest absolute Gasteiger partial charge is 0.338 e. The topological polar surface area (TPSA) is 93.1 Å². The van der Waals surface area contributed by atoms with E-state index < -0.39 is 46.2 Å². The maximum Gasteiger partial charge on any atom is 0.338 e. The van der Waals surface area contributed by atoms with Gasteiger partial charge in [-0.25, -0.2) is 9.59 Å². The fraction of sp³-hybridized carbons (Fsp3) is 0.500. The first-order chi connectivity index (χ1) is 19.7. The van der Waals surface area contributed by atoms with Crippen molar-refractivity contribution in [3.63, 3.8) is 0 Å². The van der Waals surface area contributed by atoms with E-state index in [0.717, 1.165) is 12.0 Å². The van der Waals surface area contributed by atoms with Gasteiger partial charge < -0.3 is 19.7 Å². The highest BCUT2D eigenvalue weighted by molar-refractivity contribution is 5.89. The van der Waals surface area contributed by atoms with Gasteiger partial charge in [-0.2, -0.15) is 0 Å². The molecular formula is C36H46O6. The maximum absolute atomic E-state index is 13.4. The lowest BCUT2D eigenvalue weighted by molar-refractivity contribution is -0.235. The summed E-state index contributed by atoms with van der Waals surface area (Å²) < 4.78 is 12.4. The van der Waals surface area contributed by atoms with Gasteiger partial charge in [-0.05, 0) is 87.0 Å². The number of esters is 2. The Morgan fingerprint density at radius 1 is 1.02 bits per heavy atom. The zero-order valence-electron chi connectivity index (χ0n) is 25.6. The highest BCUT2D eigenvalue weighted by Crippen LogP contribution is 2.64. The number of carbonyl (C=O) groups is 2. The van der Waals surface area contributed by atoms with Gasteiger partial charge in [0.2, 0.25) is 0 Å². The molecule has 0 amide bonds.